The van der Waals surface area contributed by atoms with Gasteiger partial charge in [0.1, 0.15) is 12.4 Å². The number of hydrogen-bond donors (Lipinski definition) is 0. The minimum atomic E-state index is 0.488. The van der Waals surface area contributed by atoms with Crippen LogP contribution < -0.4 is 4.74 Å². The SMILES string of the molecule is Cc1ccc(/C(C#N)=C\c2ccc(OCc3cccc4ccccc34)c(Br)c2)cc1. The molecule has 3 heteroatoms. The Balaban J connectivity index is 1.54. The number of allylic oxidation sites excluding steroid dienone is 1. The number of hydrogen-bond acceptors (Lipinski definition) is 2. The van der Waals surface area contributed by atoms with Gasteiger partial charge in [-0.1, -0.05) is 78.4 Å². The van der Waals surface area contributed by atoms with Gasteiger partial charge in [0.05, 0.1) is 16.1 Å². The zero-order valence-electron chi connectivity index (χ0n) is 16.6. The molecule has 0 aliphatic rings. The number of nitrogens with zero attached hydrogens (tertiary/aromatic N) is 1. The van der Waals surface area contributed by atoms with Gasteiger partial charge in [0.15, 0.2) is 0 Å². The summed E-state index contributed by atoms with van der Waals surface area (Å²) < 4.78 is 6.94. The van der Waals surface area contributed by atoms with Gasteiger partial charge in [-0.15, -0.1) is 0 Å². The molecule has 0 N–H and O–H groups in total. The van der Waals surface area contributed by atoms with E-state index in [1.807, 2.05) is 67.6 Å². The van der Waals surface area contributed by atoms with Crippen molar-refractivity contribution < 1.29 is 4.74 Å². The number of benzene rings is 4. The zero-order valence-corrected chi connectivity index (χ0v) is 18.2. The normalized spacial score (nSPS) is 11.3. The van der Waals surface area contributed by atoms with E-state index in [1.54, 1.807) is 0 Å². The predicted molar refractivity (Wildman–Crippen MR) is 127 cm³/mol. The van der Waals surface area contributed by atoms with Crippen LogP contribution in [0.4, 0.5) is 0 Å². The van der Waals surface area contributed by atoms with Crippen LogP contribution in [0.5, 0.6) is 5.75 Å². The average molecular weight is 454 g/mol. The third kappa shape index (κ3) is 4.45. The monoisotopic (exact) mass is 453 g/mol. The Hall–Kier alpha value is -3.35. The lowest BCUT2D eigenvalue weighted by molar-refractivity contribution is 0.305. The minimum Gasteiger partial charge on any atom is -0.488 e. The number of ether oxygens (including phenoxy) is 1. The molecule has 0 spiro atoms. The van der Waals surface area contributed by atoms with Crippen LogP contribution in [-0.2, 0) is 6.61 Å². The Morgan fingerprint density at radius 1 is 0.967 bits per heavy atom. The van der Waals surface area contributed by atoms with Gasteiger partial charge in [0.25, 0.3) is 0 Å². The molecule has 0 aliphatic heterocycles. The highest BCUT2D eigenvalue weighted by atomic mass is 79.9. The van der Waals surface area contributed by atoms with Gasteiger partial charge in [0.2, 0.25) is 0 Å². The summed E-state index contributed by atoms with van der Waals surface area (Å²) in [6.07, 6.45) is 1.89. The lowest BCUT2D eigenvalue weighted by atomic mass is 10.0. The van der Waals surface area contributed by atoms with E-state index in [1.165, 1.54) is 16.3 Å². The van der Waals surface area contributed by atoms with Crippen LogP contribution >= 0.6 is 15.9 Å². The van der Waals surface area contributed by atoms with Gasteiger partial charge >= 0.3 is 0 Å². The molecule has 2 nitrogen and oxygen atoms in total. The Kier molecular flexibility index (Phi) is 5.97. The topological polar surface area (TPSA) is 33.0 Å². The van der Waals surface area contributed by atoms with Crippen molar-refractivity contribution in [2.24, 2.45) is 0 Å². The second-order valence-corrected chi connectivity index (χ2v) is 8.01. The van der Waals surface area contributed by atoms with E-state index in [0.717, 1.165) is 26.9 Å². The minimum absolute atomic E-state index is 0.488. The van der Waals surface area contributed by atoms with Gasteiger partial charge < -0.3 is 4.74 Å². The van der Waals surface area contributed by atoms with Crippen molar-refractivity contribution in [2.45, 2.75) is 13.5 Å². The number of rotatable bonds is 5. The first-order valence-electron chi connectivity index (χ1n) is 9.72. The van der Waals surface area contributed by atoms with Crippen LogP contribution in [0.2, 0.25) is 0 Å². The summed E-state index contributed by atoms with van der Waals surface area (Å²) in [6, 6.07) is 30.7. The molecule has 0 radical (unpaired) electrons. The van der Waals surface area contributed by atoms with Crippen molar-refractivity contribution in [3.05, 3.63) is 112 Å². The van der Waals surface area contributed by atoms with Crippen molar-refractivity contribution in [1.82, 2.24) is 0 Å². The lowest BCUT2D eigenvalue weighted by Crippen LogP contribution is -1.97. The molecule has 0 aliphatic carbocycles. The molecule has 0 saturated carbocycles. The molecule has 0 amide bonds. The molecular formula is C27H20BrNO. The quantitative estimate of drug-likeness (QED) is 0.230. The van der Waals surface area contributed by atoms with Gasteiger partial charge in [0, 0.05) is 0 Å². The van der Waals surface area contributed by atoms with E-state index in [-0.39, 0.29) is 0 Å². The summed E-state index contributed by atoms with van der Waals surface area (Å²) in [5.41, 5.74) is 4.81. The van der Waals surface area contributed by atoms with E-state index in [4.69, 9.17) is 4.74 Å². The molecule has 4 aromatic carbocycles. The molecule has 146 valence electrons. The van der Waals surface area contributed by atoms with E-state index < -0.39 is 0 Å². The molecule has 4 aromatic rings. The van der Waals surface area contributed by atoms with Crippen molar-refractivity contribution in [1.29, 1.82) is 5.26 Å². The van der Waals surface area contributed by atoms with Gasteiger partial charge in [-0.2, -0.15) is 5.26 Å². The lowest BCUT2D eigenvalue weighted by Gasteiger charge is -2.11. The summed E-state index contributed by atoms with van der Waals surface area (Å²) in [4.78, 5) is 0. The Bertz CT molecular complexity index is 1260. The van der Waals surface area contributed by atoms with Crippen LogP contribution in [0.25, 0.3) is 22.4 Å². The summed E-state index contributed by atoms with van der Waals surface area (Å²) in [6.45, 7) is 2.52. The van der Waals surface area contributed by atoms with Gasteiger partial charge in [-0.3, -0.25) is 0 Å². The average Bonchev–Trinajstić information content (AvgIpc) is 2.77. The third-order valence-corrected chi connectivity index (χ3v) is 5.63. The first-order valence-corrected chi connectivity index (χ1v) is 10.5. The maximum atomic E-state index is 9.58. The molecular weight excluding hydrogens is 434 g/mol. The fraction of sp³-hybridized carbons (Fsp3) is 0.0741. The van der Waals surface area contributed by atoms with Crippen LogP contribution in [0.15, 0.2) is 89.4 Å². The van der Waals surface area contributed by atoms with E-state index in [9.17, 15) is 5.26 Å². The predicted octanol–water partition coefficient (Wildman–Crippen LogP) is 7.55. The van der Waals surface area contributed by atoms with Crippen LogP contribution in [0, 0.1) is 18.3 Å². The van der Waals surface area contributed by atoms with E-state index in [2.05, 4.69) is 52.3 Å². The largest absolute Gasteiger partial charge is 0.488 e. The molecule has 0 unspecified atom stereocenters. The van der Waals surface area contributed by atoms with Crippen molar-refractivity contribution in [3.63, 3.8) is 0 Å². The fourth-order valence-corrected chi connectivity index (χ4v) is 3.89. The smallest absolute Gasteiger partial charge is 0.134 e. The highest BCUT2D eigenvalue weighted by Gasteiger charge is 2.07. The van der Waals surface area contributed by atoms with Crippen LogP contribution in [0.3, 0.4) is 0 Å². The summed E-state index contributed by atoms with van der Waals surface area (Å²) in [5, 5.41) is 12.0. The van der Waals surface area contributed by atoms with Gasteiger partial charge in [-0.25, -0.2) is 0 Å². The third-order valence-electron chi connectivity index (χ3n) is 5.01. The zero-order chi connectivity index (χ0) is 20.9. The molecule has 0 atom stereocenters. The molecule has 0 saturated heterocycles. The molecule has 30 heavy (non-hydrogen) atoms. The van der Waals surface area contributed by atoms with Crippen molar-refractivity contribution >= 4 is 38.4 Å². The number of fused-ring (bicyclic) bond motifs is 1. The maximum absolute atomic E-state index is 9.58. The van der Waals surface area contributed by atoms with Crippen LogP contribution in [-0.4, -0.2) is 0 Å². The summed E-state index contributed by atoms with van der Waals surface area (Å²) >= 11 is 3.61. The second-order valence-electron chi connectivity index (χ2n) is 7.15. The first kappa shape index (κ1) is 19.9. The van der Waals surface area contributed by atoms with Gasteiger partial charge in [-0.05, 0) is 68.5 Å². The van der Waals surface area contributed by atoms with Crippen molar-refractivity contribution in [2.75, 3.05) is 0 Å². The standard InChI is InChI=1S/C27H20BrNO/c1-19-9-12-21(13-10-19)24(17-29)15-20-11-14-27(26(28)16-20)30-18-23-7-4-6-22-5-2-3-8-25(22)23/h2-16H,18H2,1H3/b24-15-. The number of nitriles is 1. The Morgan fingerprint density at radius 3 is 2.50 bits per heavy atom. The van der Waals surface area contributed by atoms with Crippen molar-refractivity contribution in [3.8, 4) is 11.8 Å². The highest BCUT2D eigenvalue weighted by Crippen LogP contribution is 2.29. The fourth-order valence-electron chi connectivity index (χ4n) is 3.38. The van der Waals surface area contributed by atoms with Crippen LogP contribution in [0.1, 0.15) is 22.3 Å². The second kappa shape index (κ2) is 8.98. The molecule has 0 bridgehead atoms. The Morgan fingerprint density at radius 2 is 1.73 bits per heavy atom. The molecule has 0 aromatic heterocycles. The first-order chi connectivity index (χ1) is 14.6. The van der Waals surface area contributed by atoms with E-state index in [0.29, 0.717) is 12.2 Å². The summed E-state index contributed by atoms with van der Waals surface area (Å²) in [5.74, 6) is 0.772. The summed E-state index contributed by atoms with van der Waals surface area (Å²) in [7, 11) is 0. The Labute approximate surface area is 185 Å². The molecule has 4 rings (SSSR count). The number of aryl methyl sites for hydroxylation is 1. The number of halogens is 1. The highest BCUT2D eigenvalue weighted by molar-refractivity contribution is 9.10. The maximum Gasteiger partial charge on any atom is 0.134 e. The van der Waals surface area contributed by atoms with E-state index >= 15 is 0 Å². The molecule has 0 fully saturated rings. The molecule has 0 heterocycles.